The van der Waals surface area contributed by atoms with Gasteiger partial charge in [0.15, 0.2) is 0 Å². The van der Waals surface area contributed by atoms with Gasteiger partial charge in [-0.1, -0.05) is 12.1 Å². The highest BCUT2D eigenvalue weighted by Gasteiger charge is 2.31. The van der Waals surface area contributed by atoms with Crippen molar-refractivity contribution < 1.29 is 9.53 Å². The molecule has 4 rings (SSSR count). The van der Waals surface area contributed by atoms with Gasteiger partial charge in [-0.3, -0.25) is 0 Å². The number of nitrogens with zero attached hydrogens (tertiary/aromatic N) is 3. The van der Waals surface area contributed by atoms with Gasteiger partial charge in [-0.2, -0.15) is 0 Å². The van der Waals surface area contributed by atoms with Gasteiger partial charge in [0, 0.05) is 25.6 Å². The number of carbonyl (C=O) groups excluding carboxylic acids is 1. The predicted molar refractivity (Wildman–Crippen MR) is 102 cm³/mol. The predicted octanol–water partition coefficient (Wildman–Crippen LogP) is 4.56. The second-order valence-electron chi connectivity index (χ2n) is 8.75. The zero-order chi connectivity index (χ0) is 18.3. The highest BCUT2D eigenvalue weighted by atomic mass is 16.6. The van der Waals surface area contributed by atoms with Crippen molar-refractivity contribution in [3.63, 3.8) is 0 Å². The topological polar surface area (TPSA) is 47.4 Å². The molecule has 1 aliphatic carbocycles. The molecule has 2 aliphatic rings. The summed E-state index contributed by atoms with van der Waals surface area (Å²) in [5.41, 5.74) is 1.91. The lowest BCUT2D eigenvalue weighted by molar-refractivity contribution is 0.0202. The molecule has 5 heteroatoms. The lowest BCUT2D eigenvalue weighted by atomic mass is 9.96. The Kier molecular flexibility index (Phi) is 4.41. The van der Waals surface area contributed by atoms with E-state index in [1.54, 1.807) is 0 Å². The summed E-state index contributed by atoms with van der Waals surface area (Å²) < 4.78 is 7.96. The third-order valence-electron chi connectivity index (χ3n) is 5.33. The Hall–Kier alpha value is -2.04. The number of fused-ring (bicyclic) bond motifs is 1. The molecular formula is C21H29N3O2. The fourth-order valence-electron chi connectivity index (χ4n) is 3.80. The first-order valence-corrected chi connectivity index (χ1v) is 9.84. The first-order chi connectivity index (χ1) is 12.4. The number of benzene rings is 1. The molecule has 140 valence electrons. The Morgan fingerprint density at radius 2 is 1.85 bits per heavy atom. The number of rotatable bonds is 3. The van der Waals surface area contributed by atoms with Crippen LogP contribution in [0.3, 0.4) is 0 Å². The van der Waals surface area contributed by atoms with Crippen LogP contribution in [0.25, 0.3) is 11.0 Å². The highest BCUT2D eigenvalue weighted by Crippen LogP contribution is 2.36. The van der Waals surface area contributed by atoms with E-state index in [-0.39, 0.29) is 6.09 Å². The van der Waals surface area contributed by atoms with E-state index < -0.39 is 5.60 Å². The summed E-state index contributed by atoms with van der Waals surface area (Å²) in [7, 11) is 0. The summed E-state index contributed by atoms with van der Waals surface area (Å²) in [5.74, 6) is 2.44. The van der Waals surface area contributed by atoms with Crippen LogP contribution in [0.2, 0.25) is 0 Å². The molecule has 2 heterocycles. The van der Waals surface area contributed by atoms with Crippen LogP contribution in [0.1, 0.15) is 58.2 Å². The summed E-state index contributed by atoms with van der Waals surface area (Å²) >= 11 is 0. The van der Waals surface area contributed by atoms with Crippen molar-refractivity contribution in [2.24, 2.45) is 5.92 Å². The van der Waals surface area contributed by atoms with Crippen LogP contribution < -0.4 is 0 Å². The normalized spacial score (nSPS) is 19.1. The van der Waals surface area contributed by atoms with Gasteiger partial charge in [0.1, 0.15) is 11.4 Å². The summed E-state index contributed by atoms with van der Waals surface area (Å²) in [6.07, 6.45) is 4.38. The number of para-hydroxylation sites is 2. The summed E-state index contributed by atoms with van der Waals surface area (Å²) in [4.78, 5) is 19.1. The quantitative estimate of drug-likeness (QED) is 0.811. The Morgan fingerprint density at radius 3 is 2.50 bits per heavy atom. The van der Waals surface area contributed by atoms with Gasteiger partial charge in [0.2, 0.25) is 0 Å². The number of piperidine rings is 1. The van der Waals surface area contributed by atoms with E-state index in [0.29, 0.717) is 5.92 Å². The van der Waals surface area contributed by atoms with Crippen molar-refractivity contribution in [1.29, 1.82) is 0 Å². The molecule has 1 amide bonds. The molecule has 1 aromatic carbocycles. The molecule has 26 heavy (non-hydrogen) atoms. The molecule has 0 bridgehead atoms. The average Bonchev–Trinajstić information content (AvgIpc) is 3.34. The number of hydrogen-bond donors (Lipinski definition) is 0. The van der Waals surface area contributed by atoms with Crippen molar-refractivity contribution in [2.45, 2.75) is 64.5 Å². The van der Waals surface area contributed by atoms with E-state index in [4.69, 9.17) is 9.72 Å². The molecule has 1 aliphatic heterocycles. The van der Waals surface area contributed by atoms with Crippen LogP contribution in [0.4, 0.5) is 4.79 Å². The fourth-order valence-corrected chi connectivity index (χ4v) is 3.80. The third kappa shape index (κ3) is 3.71. The van der Waals surface area contributed by atoms with Crippen molar-refractivity contribution in [1.82, 2.24) is 14.5 Å². The summed E-state index contributed by atoms with van der Waals surface area (Å²) in [6.45, 7) is 8.31. The first kappa shape index (κ1) is 17.4. The Balaban J connectivity index is 1.50. The minimum Gasteiger partial charge on any atom is -0.444 e. The number of amides is 1. The summed E-state index contributed by atoms with van der Waals surface area (Å²) in [6, 6.07) is 8.45. The van der Waals surface area contributed by atoms with Crippen LogP contribution in [-0.2, 0) is 11.3 Å². The zero-order valence-corrected chi connectivity index (χ0v) is 16.1. The molecule has 0 atom stereocenters. The Morgan fingerprint density at radius 1 is 1.15 bits per heavy atom. The Bertz CT molecular complexity index is 793. The van der Waals surface area contributed by atoms with Gasteiger partial charge in [-0.05, 0) is 64.5 Å². The SMILES string of the molecule is CC(C)(C)OC(=O)N1CCC(c2nc3ccccc3n2CC2CC2)CC1. The lowest BCUT2D eigenvalue weighted by Crippen LogP contribution is -2.41. The van der Waals surface area contributed by atoms with Crippen molar-refractivity contribution in [3.05, 3.63) is 30.1 Å². The third-order valence-corrected chi connectivity index (χ3v) is 5.33. The van der Waals surface area contributed by atoms with Crippen molar-refractivity contribution in [3.8, 4) is 0 Å². The molecule has 0 unspecified atom stereocenters. The van der Waals surface area contributed by atoms with Crippen LogP contribution in [0.5, 0.6) is 0 Å². The molecule has 1 saturated carbocycles. The van der Waals surface area contributed by atoms with Crippen LogP contribution in [0, 0.1) is 5.92 Å². The minimum atomic E-state index is -0.438. The number of carbonyl (C=O) groups is 1. The number of imidazole rings is 1. The highest BCUT2D eigenvalue weighted by molar-refractivity contribution is 5.76. The van der Waals surface area contributed by atoms with Gasteiger partial charge in [0.25, 0.3) is 0 Å². The maximum atomic E-state index is 12.3. The number of hydrogen-bond acceptors (Lipinski definition) is 3. The van der Waals surface area contributed by atoms with Gasteiger partial charge in [0.05, 0.1) is 11.0 Å². The molecule has 2 aromatic rings. The number of likely N-dealkylation sites (tertiary alicyclic amines) is 1. The summed E-state index contributed by atoms with van der Waals surface area (Å²) in [5, 5.41) is 0. The number of ether oxygens (including phenoxy) is 1. The van der Waals surface area contributed by atoms with E-state index in [9.17, 15) is 4.79 Å². The van der Waals surface area contributed by atoms with E-state index in [1.807, 2.05) is 25.7 Å². The molecular weight excluding hydrogens is 326 g/mol. The van der Waals surface area contributed by atoms with E-state index in [2.05, 4.69) is 28.8 Å². The maximum absolute atomic E-state index is 12.3. The van der Waals surface area contributed by atoms with Crippen LogP contribution in [-0.4, -0.2) is 39.2 Å². The first-order valence-electron chi connectivity index (χ1n) is 9.84. The van der Waals surface area contributed by atoms with Crippen LogP contribution >= 0.6 is 0 Å². The molecule has 0 radical (unpaired) electrons. The van der Waals surface area contributed by atoms with E-state index in [0.717, 1.165) is 43.9 Å². The average molecular weight is 355 g/mol. The van der Waals surface area contributed by atoms with Gasteiger partial charge < -0.3 is 14.2 Å². The van der Waals surface area contributed by atoms with E-state index in [1.165, 1.54) is 24.2 Å². The minimum absolute atomic E-state index is 0.192. The second-order valence-corrected chi connectivity index (χ2v) is 8.75. The molecule has 5 nitrogen and oxygen atoms in total. The van der Waals surface area contributed by atoms with Crippen LogP contribution in [0.15, 0.2) is 24.3 Å². The monoisotopic (exact) mass is 355 g/mol. The van der Waals surface area contributed by atoms with Gasteiger partial charge in [-0.15, -0.1) is 0 Å². The molecule has 0 N–H and O–H groups in total. The van der Waals surface area contributed by atoms with Crippen molar-refractivity contribution in [2.75, 3.05) is 13.1 Å². The Labute approximate surface area is 155 Å². The molecule has 2 fully saturated rings. The molecule has 0 spiro atoms. The van der Waals surface area contributed by atoms with Gasteiger partial charge in [-0.25, -0.2) is 9.78 Å². The lowest BCUT2D eigenvalue weighted by Gasteiger charge is -2.33. The second kappa shape index (κ2) is 6.60. The maximum Gasteiger partial charge on any atom is 0.410 e. The van der Waals surface area contributed by atoms with E-state index >= 15 is 0 Å². The van der Waals surface area contributed by atoms with Crippen molar-refractivity contribution >= 4 is 17.1 Å². The fraction of sp³-hybridized carbons (Fsp3) is 0.619. The standard InChI is InChI=1S/C21H29N3O2/c1-21(2,3)26-20(25)23-12-10-16(11-13-23)19-22-17-6-4-5-7-18(17)24(19)14-15-8-9-15/h4-7,15-16H,8-14H2,1-3H3. The molecule has 1 saturated heterocycles. The zero-order valence-electron chi connectivity index (χ0n) is 16.1. The molecule has 1 aromatic heterocycles. The van der Waals surface area contributed by atoms with Gasteiger partial charge >= 0.3 is 6.09 Å². The number of aromatic nitrogens is 2. The smallest absolute Gasteiger partial charge is 0.410 e. The largest absolute Gasteiger partial charge is 0.444 e.